The second-order valence-electron chi connectivity index (χ2n) is 6.53. The van der Waals surface area contributed by atoms with Crippen LogP contribution in [0, 0.1) is 5.92 Å². The Balaban J connectivity index is 1.83. The zero-order chi connectivity index (χ0) is 14.8. The second-order valence-corrected chi connectivity index (χ2v) is 7.37. The monoisotopic (exact) mass is 326 g/mol. The summed E-state index contributed by atoms with van der Waals surface area (Å²) in [5.41, 5.74) is 1.23. The summed E-state index contributed by atoms with van der Waals surface area (Å²) >= 11 is 12.6. The summed E-state index contributed by atoms with van der Waals surface area (Å²) in [7, 11) is 2.23. The van der Waals surface area contributed by atoms with Crippen molar-refractivity contribution in [2.24, 2.45) is 5.92 Å². The van der Waals surface area contributed by atoms with Gasteiger partial charge in [-0.15, -0.1) is 0 Å². The molecule has 2 fully saturated rings. The third-order valence-electron chi connectivity index (χ3n) is 4.78. The zero-order valence-corrected chi connectivity index (χ0v) is 14.1. The van der Waals surface area contributed by atoms with Gasteiger partial charge in [0, 0.05) is 28.7 Å². The van der Waals surface area contributed by atoms with Crippen LogP contribution in [-0.4, -0.2) is 31.1 Å². The molecule has 1 saturated heterocycles. The average molecular weight is 327 g/mol. The summed E-state index contributed by atoms with van der Waals surface area (Å²) in [6.45, 7) is 2.24. The maximum absolute atomic E-state index is 6.49. The minimum atomic E-state index is 0.392. The molecule has 0 radical (unpaired) electrons. The van der Waals surface area contributed by atoms with Gasteiger partial charge in [0.25, 0.3) is 0 Å². The lowest BCUT2D eigenvalue weighted by Gasteiger charge is -2.33. The van der Waals surface area contributed by atoms with E-state index in [0.29, 0.717) is 17.0 Å². The Morgan fingerprint density at radius 1 is 1.19 bits per heavy atom. The molecule has 1 aromatic carbocycles. The molecule has 0 bridgehead atoms. The van der Waals surface area contributed by atoms with Crippen LogP contribution in [0.2, 0.25) is 10.0 Å². The average Bonchev–Trinajstić information content (AvgIpc) is 3.26. The number of benzene rings is 1. The fourth-order valence-electron chi connectivity index (χ4n) is 3.48. The number of rotatable bonds is 4. The van der Waals surface area contributed by atoms with Crippen LogP contribution in [0.3, 0.4) is 0 Å². The Bertz CT molecular complexity index is 488. The van der Waals surface area contributed by atoms with Gasteiger partial charge in [-0.25, -0.2) is 0 Å². The van der Waals surface area contributed by atoms with Crippen molar-refractivity contribution in [1.82, 2.24) is 10.2 Å². The van der Waals surface area contributed by atoms with Crippen molar-refractivity contribution in [3.63, 3.8) is 0 Å². The molecule has 1 aliphatic carbocycles. The molecule has 0 aromatic heterocycles. The Labute approximate surface area is 137 Å². The Hall–Kier alpha value is -0.280. The van der Waals surface area contributed by atoms with E-state index in [2.05, 4.69) is 23.3 Å². The minimum absolute atomic E-state index is 0.392. The lowest BCUT2D eigenvalue weighted by Crippen LogP contribution is -2.35. The molecule has 3 rings (SSSR count). The van der Waals surface area contributed by atoms with E-state index >= 15 is 0 Å². The van der Waals surface area contributed by atoms with Gasteiger partial charge in [-0.2, -0.15) is 0 Å². The topological polar surface area (TPSA) is 15.3 Å². The highest BCUT2D eigenvalue weighted by Gasteiger charge is 2.32. The van der Waals surface area contributed by atoms with Crippen LogP contribution < -0.4 is 5.32 Å². The molecule has 2 atom stereocenters. The normalized spacial score (nSPS) is 27.6. The maximum Gasteiger partial charge on any atom is 0.0468 e. The van der Waals surface area contributed by atoms with Gasteiger partial charge >= 0.3 is 0 Å². The van der Waals surface area contributed by atoms with Crippen molar-refractivity contribution in [1.29, 1.82) is 0 Å². The highest BCUT2D eigenvalue weighted by molar-refractivity contribution is 6.35. The maximum atomic E-state index is 6.49. The van der Waals surface area contributed by atoms with Gasteiger partial charge in [0.15, 0.2) is 0 Å². The van der Waals surface area contributed by atoms with Gasteiger partial charge < -0.3 is 5.32 Å². The molecule has 2 aliphatic rings. The van der Waals surface area contributed by atoms with Crippen LogP contribution in [0.25, 0.3) is 0 Å². The number of hydrogen-bond donors (Lipinski definition) is 1. The van der Waals surface area contributed by atoms with Crippen molar-refractivity contribution >= 4 is 23.2 Å². The number of nitrogens with zero attached hydrogens (tertiary/aromatic N) is 1. The van der Waals surface area contributed by atoms with Gasteiger partial charge in [0.05, 0.1) is 0 Å². The fourth-order valence-corrected chi connectivity index (χ4v) is 4.00. The van der Waals surface area contributed by atoms with Crippen LogP contribution in [0.1, 0.15) is 43.7 Å². The van der Waals surface area contributed by atoms with Crippen LogP contribution in [-0.2, 0) is 0 Å². The molecule has 0 amide bonds. The predicted molar refractivity (Wildman–Crippen MR) is 90.2 cm³/mol. The van der Waals surface area contributed by atoms with E-state index in [9.17, 15) is 0 Å². The fraction of sp³-hybridized carbons (Fsp3) is 0.647. The summed E-state index contributed by atoms with van der Waals surface area (Å²) < 4.78 is 0. The SMILES string of the molecule is CN1CCCCC(CNC2CC2)C1c1ccc(Cl)cc1Cl. The molecule has 4 heteroatoms. The molecule has 21 heavy (non-hydrogen) atoms. The van der Waals surface area contributed by atoms with Crippen molar-refractivity contribution < 1.29 is 0 Å². The van der Waals surface area contributed by atoms with Gasteiger partial charge in [-0.3, -0.25) is 4.90 Å². The molecular formula is C17H24Cl2N2. The number of likely N-dealkylation sites (tertiary alicyclic amines) is 1. The highest BCUT2D eigenvalue weighted by Crippen LogP contribution is 2.38. The van der Waals surface area contributed by atoms with Gasteiger partial charge in [-0.1, -0.05) is 35.7 Å². The summed E-state index contributed by atoms with van der Waals surface area (Å²) in [5, 5.41) is 5.23. The molecule has 2 nitrogen and oxygen atoms in total. The molecule has 1 heterocycles. The molecular weight excluding hydrogens is 303 g/mol. The third-order valence-corrected chi connectivity index (χ3v) is 5.35. The Kier molecular flexibility index (Phi) is 5.11. The van der Waals surface area contributed by atoms with E-state index in [-0.39, 0.29) is 0 Å². The molecule has 116 valence electrons. The van der Waals surface area contributed by atoms with Crippen molar-refractivity contribution in [2.45, 2.75) is 44.2 Å². The quantitative estimate of drug-likeness (QED) is 0.875. The third kappa shape index (κ3) is 3.92. The summed E-state index contributed by atoms with van der Waals surface area (Å²) in [4.78, 5) is 2.47. The van der Waals surface area contributed by atoms with E-state index in [1.165, 1.54) is 37.7 Å². The van der Waals surface area contributed by atoms with Crippen molar-refractivity contribution in [3.8, 4) is 0 Å². The van der Waals surface area contributed by atoms with Crippen LogP contribution in [0.15, 0.2) is 18.2 Å². The second kappa shape index (κ2) is 6.87. The van der Waals surface area contributed by atoms with Crippen LogP contribution in [0.5, 0.6) is 0 Å². The number of nitrogens with one attached hydrogen (secondary N) is 1. The minimum Gasteiger partial charge on any atom is -0.314 e. The van der Waals surface area contributed by atoms with E-state index in [1.807, 2.05) is 12.1 Å². The standard InChI is InChI=1S/C17H24Cl2N2/c1-21-9-3-2-4-12(11-20-14-6-7-14)17(21)15-8-5-13(18)10-16(15)19/h5,8,10,12,14,17,20H,2-4,6-7,9,11H2,1H3. The van der Waals surface area contributed by atoms with Crippen LogP contribution >= 0.6 is 23.2 Å². The summed E-state index contributed by atoms with van der Waals surface area (Å²) in [6, 6.07) is 7.11. The molecule has 1 aromatic rings. The Morgan fingerprint density at radius 2 is 2.00 bits per heavy atom. The van der Waals surface area contributed by atoms with Crippen molar-refractivity contribution in [2.75, 3.05) is 20.1 Å². The van der Waals surface area contributed by atoms with Gasteiger partial charge in [0.1, 0.15) is 0 Å². The number of halogens is 2. The molecule has 0 spiro atoms. The smallest absolute Gasteiger partial charge is 0.0468 e. The van der Waals surface area contributed by atoms with E-state index < -0.39 is 0 Å². The largest absolute Gasteiger partial charge is 0.314 e. The predicted octanol–water partition coefficient (Wildman–Crippen LogP) is 4.52. The van der Waals surface area contributed by atoms with Gasteiger partial charge in [-0.05, 0) is 62.9 Å². The summed E-state index contributed by atoms with van der Waals surface area (Å²) in [6.07, 6.45) is 6.54. The number of hydrogen-bond acceptors (Lipinski definition) is 2. The lowest BCUT2D eigenvalue weighted by atomic mass is 9.89. The first-order valence-corrected chi connectivity index (χ1v) is 8.79. The first kappa shape index (κ1) is 15.6. The van der Waals surface area contributed by atoms with Crippen LogP contribution in [0.4, 0.5) is 0 Å². The molecule has 2 unspecified atom stereocenters. The molecule has 1 N–H and O–H groups in total. The first-order chi connectivity index (χ1) is 10.1. The zero-order valence-electron chi connectivity index (χ0n) is 12.6. The molecule has 1 saturated carbocycles. The van der Waals surface area contributed by atoms with E-state index in [1.54, 1.807) is 0 Å². The highest BCUT2D eigenvalue weighted by atomic mass is 35.5. The van der Waals surface area contributed by atoms with Gasteiger partial charge in [0.2, 0.25) is 0 Å². The lowest BCUT2D eigenvalue weighted by molar-refractivity contribution is 0.189. The summed E-state index contributed by atoms with van der Waals surface area (Å²) in [5.74, 6) is 0.622. The van der Waals surface area contributed by atoms with Crippen molar-refractivity contribution in [3.05, 3.63) is 33.8 Å². The Morgan fingerprint density at radius 3 is 2.71 bits per heavy atom. The van der Waals surface area contributed by atoms with E-state index in [0.717, 1.165) is 24.2 Å². The first-order valence-electron chi connectivity index (χ1n) is 8.03. The molecule has 1 aliphatic heterocycles. The van der Waals surface area contributed by atoms with E-state index in [4.69, 9.17) is 23.2 Å².